The zero-order valence-electron chi connectivity index (χ0n) is 27.1. The van der Waals surface area contributed by atoms with Gasteiger partial charge in [-0.2, -0.15) is 0 Å². The predicted molar refractivity (Wildman–Crippen MR) is 178 cm³/mol. The number of hydrogen-bond donors (Lipinski definition) is 2. The molecule has 0 fully saturated rings. The maximum absolute atomic E-state index is 12.2. The number of esters is 2. The number of H-pyrrole nitrogens is 2. The Morgan fingerprint density at radius 3 is 1.53 bits per heavy atom. The number of carbonyl (C=O) groups is 2. The van der Waals surface area contributed by atoms with Gasteiger partial charge in [0.2, 0.25) is 0 Å². The molecule has 0 saturated heterocycles. The molecule has 0 spiro atoms. The molecule has 4 heterocycles. The molecule has 0 saturated carbocycles. The summed E-state index contributed by atoms with van der Waals surface area (Å²) in [7, 11) is 1.33. The highest BCUT2D eigenvalue weighted by molar-refractivity contribution is 5.94. The molecule has 0 atom stereocenters. The van der Waals surface area contributed by atoms with Crippen molar-refractivity contribution in [3.8, 4) is 11.5 Å². The summed E-state index contributed by atoms with van der Waals surface area (Å²) in [5.74, 6) is 0.433. The van der Waals surface area contributed by atoms with Crippen molar-refractivity contribution in [2.75, 3.05) is 13.7 Å². The molecule has 242 valence electrons. The number of aromatic nitrogens is 2. The van der Waals surface area contributed by atoms with E-state index in [1.807, 2.05) is 39.8 Å². The third-order valence-electron chi connectivity index (χ3n) is 7.42. The standard InChI is InChI=1S/C19H19NO4.C18H17NO4/c1-4-23-18(22)12-7-8-16-14(10-12)15(11-19(2,3)24-16)13-6-5-9-20-17(13)21;1-18(2)10-14(12-5-4-8-19-16(12)20)13-9-11(17(21)22-3)6-7-15(13)23-18/h5-11H,4H2,1-3H3,(H,20,21);4-10H,1-3H3,(H,19,20). The lowest BCUT2D eigenvalue weighted by molar-refractivity contribution is 0.0525. The van der Waals surface area contributed by atoms with Crippen LogP contribution in [0, 0.1) is 0 Å². The van der Waals surface area contributed by atoms with E-state index in [1.54, 1.807) is 80.0 Å². The minimum absolute atomic E-state index is 0.186. The topological polar surface area (TPSA) is 137 Å². The molecule has 10 heteroatoms. The van der Waals surface area contributed by atoms with E-state index in [0.29, 0.717) is 51.5 Å². The van der Waals surface area contributed by atoms with E-state index in [4.69, 9.17) is 18.9 Å². The average molecular weight is 637 g/mol. The molecule has 0 radical (unpaired) electrons. The van der Waals surface area contributed by atoms with Crippen LogP contribution in [0.1, 0.15) is 77.6 Å². The van der Waals surface area contributed by atoms with Crippen LogP contribution in [-0.2, 0) is 9.47 Å². The van der Waals surface area contributed by atoms with Crippen LogP contribution in [0.3, 0.4) is 0 Å². The molecule has 2 aliphatic heterocycles. The third-order valence-corrected chi connectivity index (χ3v) is 7.42. The molecule has 2 aliphatic rings. The molecule has 2 aromatic carbocycles. The fourth-order valence-electron chi connectivity index (χ4n) is 5.43. The van der Waals surface area contributed by atoms with Crippen LogP contribution in [0.15, 0.2) is 94.8 Å². The number of carbonyl (C=O) groups excluding carboxylic acids is 2. The molecule has 2 aromatic heterocycles. The van der Waals surface area contributed by atoms with Crippen LogP contribution in [0.25, 0.3) is 11.1 Å². The molecule has 0 unspecified atom stereocenters. The molecule has 0 aliphatic carbocycles. The average Bonchev–Trinajstić information content (AvgIpc) is 3.03. The van der Waals surface area contributed by atoms with Gasteiger partial charge >= 0.3 is 11.9 Å². The Morgan fingerprint density at radius 1 is 0.681 bits per heavy atom. The van der Waals surface area contributed by atoms with Gasteiger partial charge in [-0.3, -0.25) is 9.59 Å². The van der Waals surface area contributed by atoms with E-state index in [1.165, 1.54) is 7.11 Å². The second-order valence-corrected chi connectivity index (χ2v) is 12.0. The van der Waals surface area contributed by atoms with E-state index in [-0.39, 0.29) is 11.1 Å². The van der Waals surface area contributed by atoms with E-state index in [2.05, 4.69) is 9.97 Å². The summed E-state index contributed by atoms with van der Waals surface area (Å²) in [6.45, 7) is 9.75. The molecule has 10 nitrogen and oxygen atoms in total. The van der Waals surface area contributed by atoms with Gasteiger partial charge in [0, 0.05) is 34.6 Å². The number of rotatable bonds is 5. The van der Waals surface area contributed by atoms with E-state index in [9.17, 15) is 19.2 Å². The maximum atomic E-state index is 12.2. The SMILES string of the molecule is CCOC(=O)c1ccc2c(c1)C(c1ccc[nH]c1=O)=CC(C)(C)O2.COC(=O)c1ccc2c(c1)C(c1ccc[nH]c1=O)=CC(C)(C)O2. The van der Waals surface area contributed by atoms with Crippen molar-refractivity contribution in [1.29, 1.82) is 0 Å². The van der Waals surface area contributed by atoms with Crippen molar-refractivity contribution in [3.05, 3.63) is 139 Å². The van der Waals surface area contributed by atoms with Crippen molar-refractivity contribution in [1.82, 2.24) is 9.97 Å². The number of hydrogen-bond acceptors (Lipinski definition) is 8. The van der Waals surface area contributed by atoms with Crippen molar-refractivity contribution in [2.45, 2.75) is 45.8 Å². The minimum atomic E-state index is -0.559. The summed E-state index contributed by atoms with van der Waals surface area (Å²) >= 11 is 0. The first-order valence-electron chi connectivity index (χ1n) is 15.1. The van der Waals surface area contributed by atoms with Crippen LogP contribution in [-0.4, -0.2) is 46.8 Å². The maximum Gasteiger partial charge on any atom is 0.338 e. The number of fused-ring (bicyclic) bond motifs is 2. The zero-order chi connectivity index (χ0) is 33.9. The largest absolute Gasteiger partial charge is 0.483 e. The molecular formula is C37H36N2O8. The van der Waals surface area contributed by atoms with E-state index in [0.717, 1.165) is 11.1 Å². The first-order chi connectivity index (χ1) is 22.3. The molecule has 4 aromatic rings. The van der Waals surface area contributed by atoms with Gasteiger partial charge in [-0.1, -0.05) is 0 Å². The van der Waals surface area contributed by atoms with Gasteiger partial charge in [0.25, 0.3) is 11.1 Å². The van der Waals surface area contributed by atoms with Crippen LogP contribution in [0.2, 0.25) is 0 Å². The number of methoxy groups -OCH3 is 1. The second-order valence-electron chi connectivity index (χ2n) is 12.0. The highest BCUT2D eigenvalue weighted by atomic mass is 16.5. The number of aromatic amines is 2. The fraction of sp³-hybridized carbons (Fsp3) is 0.243. The van der Waals surface area contributed by atoms with Crippen molar-refractivity contribution in [2.24, 2.45) is 0 Å². The summed E-state index contributed by atoms with van der Waals surface area (Å²) in [6, 6.07) is 17.2. The number of ether oxygens (including phenoxy) is 4. The molecular weight excluding hydrogens is 600 g/mol. The summed E-state index contributed by atoms with van der Waals surface area (Å²) in [4.78, 5) is 53.6. The van der Waals surface area contributed by atoms with Gasteiger partial charge in [-0.25, -0.2) is 9.59 Å². The predicted octanol–water partition coefficient (Wildman–Crippen LogP) is 5.92. The first-order valence-corrected chi connectivity index (χ1v) is 15.1. The Labute approximate surface area is 271 Å². The summed E-state index contributed by atoms with van der Waals surface area (Å²) in [6.07, 6.45) is 6.96. The fourth-order valence-corrected chi connectivity index (χ4v) is 5.43. The minimum Gasteiger partial charge on any atom is -0.483 e. The number of benzene rings is 2. The molecule has 2 N–H and O–H groups in total. The van der Waals surface area contributed by atoms with Crippen LogP contribution < -0.4 is 20.6 Å². The van der Waals surface area contributed by atoms with Crippen LogP contribution >= 0.6 is 0 Å². The van der Waals surface area contributed by atoms with Gasteiger partial charge in [-0.05, 0) is 119 Å². The van der Waals surface area contributed by atoms with Gasteiger partial charge in [0.15, 0.2) is 0 Å². The van der Waals surface area contributed by atoms with Gasteiger partial charge in [-0.15, -0.1) is 0 Å². The highest BCUT2D eigenvalue weighted by Crippen LogP contribution is 2.40. The van der Waals surface area contributed by atoms with Crippen LogP contribution in [0.4, 0.5) is 0 Å². The Morgan fingerprint density at radius 2 is 1.13 bits per heavy atom. The van der Waals surface area contributed by atoms with Crippen molar-refractivity contribution >= 4 is 23.1 Å². The van der Waals surface area contributed by atoms with Gasteiger partial charge in [0.05, 0.1) is 24.8 Å². The molecule has 0 amide bonds. The lowest BCUT2D eigenvalue weighted by atomic mass is 9.89. The monoisotopic (exact) mass is 636 g/mol. The molecule has 47 heavy (non-hydrogen) atoms. The molecule has 0 bridgehead atoms. The van der Waals surface area contributed by atoms with E-state index >= 15 is 0 Å². The van der Waals surface area contributed by atoms with E-state index < -0.39 is 23.1 Å². The van der Waals surface area contributed by atoms with Gasteiger partial charge in [0.1, 0.15) is 22.7 Å². The van der Waals surface area contributed by atoms with Crippen LogP contribution in [0.5, 0.6) is 11.5 Å². The number of pyridine rings is 2. The Balaban J connectivity index is 0.000000185. The van der Waals surface area contributed by atoms with Crippen molar-refractivity contribution in [3.63, 3.8) is 0 Å². The third kappa shape index (κ3) is 7.12. The quantitative estimate of drug-likeness (QED) is 0.258. The summed E-state index contributed by atoms with van der Waals surface area (Å²) < 4.78 is 21.7. The van der Waals surface area contributed by atoms with Crippen molar-refractivity contribution < 1.29 is 28.5 Å². The smallest absolute Gasteiger partial charge is 0.338 e. The Kier molecular flexibility index (Phi) is 9.05. The zero-order valence-corrected chi connectivity index (χ0v) is 27.1. The molecule has 6 rings (SSSR count). The number of nitrogens with one attached hydrogen (secondary N) is 2. The normalized spacial score (nSPS) is 15.1. The Hall–Kier alpha value is -5.64. The first kappa shape index (κ1) is 32.7. The summed E-state index contributed by atoms with van der Waals surface area (Å²) in [5, 5.41) is 0. The Bertz CT molecular complexity index is 2030. The lowest BCUT2D eigenvalue weighted by Crippen LogP contribution is -2.30. The second kappa shape index (κ2) is 13.0. The van der Waals surface area contributed by atoms with Gasteiger partial charge < -0.3 is 28.9 Å². The highest BCUT2D eigenvalue weighted by Gasteiger charge is 2.30. The lowest BCUT2D eigenvalue weighted by Gasteiger charge is -2.31. The summed E-state index contributed by atoms with van der Waals surface area (Å²) in [5.41, 5.74) is 3.31.